The lowest BCUT2D eigenvalue weighted by Crippen LogP contribution is -2.30. The Bertz CT molecular complexity index is 891. The molecule has 1 aliphatic rings. The molecule has 2 aromatic heterocycles. The molecule has 1 saturated heterocycles. The summed E-state index contributed by atoms with van der Waals surface area (Å²) in [4.78, 5) is 11.2. The van der Waals surface area contributed by atoms with E-state index in [1.165, 1.54) is 0 Å². The van der Waals surface area contributed by atoms with Gasteiger partial charge in [-0.05, 0) is 44.0 Å². The molecule has 3 heterocycles. The fraction of sp³-hybridized carbons (Fsp3) is 0.400. The largest absolute Gasteiger partial charge is 0.434 e. The Morgan fingerprint density at radius 1 is 1.35 bits per heavy atom. The van der Waals surface area contributed by atoms with Crippen molar-refractivity contribution in [1.29, 1.82) is 0 Å². The van der Waals surface area contributed by atoms with E-state index >= 15 is 0 Å². The van der Waals surface area contributed by atoms with Gasteiger partial charge in [-0.2, -0.15) is 5.10 Å². The van der Waals surface area contributed by atoms with Crippen LogP contribution in [0.1, 0.15) is 12.8 Å². The van der Waals surface area contributed by atoms with Crippen molar-refractivity contribution in [3.8, 4) is 11.5 Å². The third-order valence-electron chi connectivity index (χ3n) is 4.29. The van der Waals surface area contributed by atoms with Gasteiger partial charge in [-0.25, -0.2) is 9.89 Å². The van der Waals surface area contributed by atoms with Crippen molar-refractivity contribution >= 4 is 26.8 Å². The maximum absolute atomic E-state index is 11.2. The number of rotatable bonds is 3. The Morgan fingerprint density at radius 3 is 2.91 bits per heavy atom. The van der Waals surface area contributed by atoms with Gasteiger partial charge in [0.2, 0.25) is 5.89 Å². The minimum absolute atomic E-state index is 0.284. The van der Waals surface area contributed by atoms with Crippen LogP contribution in [0.15, 0.2) is 32.0 Å². The first-order chi connectivity index (χ1) is 11.2. The van der Waals surface area contributed by atoms with Gasteiger partial charge in [-0.15, -0.1) is 5.10 Å². The number of fused-ring (bicyclic) bond motifs is 1. The molecular formula is C15H16BrN5O2. The molecular weight excluding hydrogens is 362 g/mol. The van der Waals surface area contributed by atoms with E-state index in [-0.39, 0.29) is 5.89 Å². The highest BCUT2D eigenvalue weighted by Gasteiger charge is 2.17. The molecule has 0 unspecified atom stereocenters. The van der Waals surface area contributed by atoms with Crippen LogP contribution < -0.4 is 11.1 Å². The summed E-state index contributed by atoms with van der Waals surface area (Å²) in [7, 11) is 0. The topological polar surface area (TPSA) is 88.7 Å². The molecule has 0 radical (unpaired) electrons. The van der Waals surface area contributed by atoms with Crippen LogP contribution in [0.3, 0.4) is 0 Å². The fourth-order valence-electron chi connectivity index (χ4n) is 3.07. The Balaban J connectivity index is 1.74. The Labute approximate surface area is 140 Å². The van der Waals surface area contributed by atoms with Gasteiger partial charge in [0.15, 0.2) is 0 Å². The summed E-state index contributed by atoms with van der Waals surface area (Å²) in [5.41, 5.74) is 1.76. The smallest absolute Gasteiger partial charge is 0.388 e. The number of aromatic amines is 1. The van der Waals surface area contributed by atoms with Crippen molar-refractivity contribution in [2.75, 3.05) is 13.1 Å². The summed E-state index contributed by atoms with van der Waals surface area (Å²) in [6.07, 6.45) is 4.19. The van der Waals surface area contributed by atoms with Crippen molar-refractivity contribution in [3.63, 3.8) is 0 Å². The van der Waals surface area contributed by atoms with Gasteiger partial charge in [0, 0.05) is 22.0 Å². The SMILES string of the molecule is O=c1[nH]nc(-c2cc(Br)c3cnn(CC4CCNCC4)c3c2)o1. The Kier molecular flexibility index (Phi) is 3.78. The molecule has 0 aliphatic carbocycles. The molecule has 0 spiro atoms. The number of benzene rings is 1. The van der Waals surface area contributed by atoms with Crippen LogP contribution in [0.4, 0.5) is 0 Å². The zero-order valence-electron chi connectivity index (χ0n) is 12.4. The van der Waals surface area contributed by atoms with Crippen LogP contribution in [0.5, 0.6) is 0 Å². The summed E-state index contributed by atoms with van der Waals surface area (Å²) in [5, 5.41) is 15.2. The van der Waals surface area contributed by atoms with E-state index in [2.05, 4.69) is 36.5 Å². The van der Waals surface area contributed by atoms with Crippen molar-refractivity contribution in [2.45, 2.75) is 19.4 Å². The molecule has 4 rings (SSSR count). The first-order valence-electron chi connectivity index (χ1n) is 7.62. The second kappa shape index (κ2) is 5.93. The molecule has 0 amide bonds. The summed E-state index contributed by atoms with van der Waals surface area (Å²) >= 11 is 3.57. The van der Waals surface area contributed by atoms with Gasteiger partial charge in [0.1, 0.15) is 0 Å². The summed E-state index contributed by atoms with van der Waals surface area (Å²) in [5.74, 6) is 0.358. The minimum atomic E-state index is -0.556. The number of nitrogens with zero attached hydrogens (tertiary/aromatic N) is 3. The Morgan fingerprint density at radius 2 is 2.17 bits per heavy atom. The average molecular weight is 378 g/mol. The molecule has 1 aromatic carbocycles. The summed E-state index contributed by atoms with van der Waals surface area (Å²) < 4.78 is 8.00. The molecule has 7 nitrogen and oxygen atoms in total. The van der Waals surface area contributed by atoms with Crippen LogP contribution in [-0.2, 0) is 6.54 Å². The maximum atomic E-state index is 11.2. The highest BCUT2D eigenvalue weighted by Crippen LogP contribution is 2.30. The average Bonchev–Trinajstić information content (AvgIpc) is 3.16. The van der Waals surface area contributed by atoms with Crippen LogP contribution in [0, 0.1) is 5.92 Å². The molecule has 3 aromatic rings. The van der Waals surface area contributed by atoms with E-state index in [4.69, 9.17) is 4.42 Å². The van der Waals surface area contributed by atoms with Crippen LogP contribution in [-0.4, -0.2) is 33.1 Å². The number of nitrogens with one attached hydrogen (secondary N) is 2. The monoisotopic (exact) mass is 377 g/mol. The lowest BCUT2D eigenvalue weighted by atomic mass is 9.98. The third kappa shape index (κ3) is 2.84. The van der Waals surface area contributed by atoms with Crippen LogP contribution in [0.2, 0.25) is 0 Å². The lowest BCUT2D eigenvalue weighted by molar-refractivity contribution is 0.325. The van der Waals surface area contributed by atoms with Crippen molar-refractivity contribution < 1.29 is 4.42 Å². The van der Waals surface area contributed by atoms with E-state index in [1.807, 2.05) is 23.0 Å². The van der Waals surface area contributed by atoms with Crippen LogP contribution >= 0.6 is 15.9 Å². The molecule has 120 valence electrons. The van der Waals surface area contributed by atoms with Crippen molar-refractivity contribution in [1.82, 2.24) is 25.3 Å². The molecule has 2 N–H and O–H groups in total. The zero-order valence-corrected chi connectivity index (χ0v) is 14.0. The fourth-order valence-corrected chi connectivity index (χ4v) is 3.62. The van der Waals surface area contributed by atoms with Gasteiger partial charge < -0.3 is 9.73 Å². The first-order valence-corrected chi connectivity index (χ1v) is 8.41. The molecule has 0 atom stereocenters. The second-order valence-corrected chi connectivity index (χ2v) is 6.68. The predicted molar refractivity (Wildman–Crippen MR) is 89.1 cm³/mol. The van der Waals surface area contributed by atoms with Gasteiger partial charge >= 0.3 is 5.76 Å². The third-order valence-corrected chi connectivity index (χ3v) is 4.94. The van der Waals surface area contributed by atoms with Gasteiger partial charge in [-0.1, -0.05) is 15.9 Å². The number of H-pyrrole nitrogens is 1. The molecule has 1 fully saturated rings. The molecule has 0 bridgehead atoms. The van der Waals surface area contributed by atoms with Gasteiger partial charge in [-0.3, -0.25) is 4.68 Å². The zero-order chi connectivity index (χ0) is 15.8. The number of halogens is 1. The summed E-state index contributed by atoms with van der Waals surface area (Å²) in [6, 6.07) is 3.85. The highest BCUT2D eigenvalue weighted by molar-refractivity contribution is 9.10. The maximum Gasteiger partial charge on any atom is 0.434 e. The highest BCUT2D eigenvalue weighted by atomic mass is 79.9. The van der Waals surface area contributed by atoms with E-state index < -0.39 is 5.76 Å². The quantitative estimate of drug-likeness (QED) is 0.729. The van der Waals surface area contributed by atoms with Crippen LogP contribution in [0.25, 0.3) is 22.4 Å². The van der Waals surface area contributed by atoms with E-state index in [9.17, 15) is 4.79 Å². The number of piperidine rings is 1. The predicted octanol–water partition coefficient (Wildman–Crippen LogP) is 2.14. The molecule has 0 saturated carbocycles. The number of aromatic nitrogens is 4. The molecule has 23 heavy (non-hydrogen) atoms. The Hall–Kier alpha value is -1.93. The van der Waals surface area contributed by atoms with E-state index in [1.54, 1.807) is 0 Å². The second-order valence-electron chi connectivity index (χ2n) is 5.83. The van der Waals surface area contributed by atoms with Crippen molar-refractivity contribution in [3.05, 3.63) is 33.4 Å². The summed E-state index contributed by atoms with van der Waals surface area (Å²) in [6.45, 7) is 3.03. The normalized spacial score (nSPS) is 16.2. The van der Waals surface area contributed by atoms with Gasteiger partial charge in [0.05, 0.1) is 11.7 Å². The number of hydrogen-bond acceptors (Lipinski definition) is 5. The van der Waals surface area contributed by atoms with Gasteiger partial charge in [0.25, 0.3) is 0 Å². The first kappa shape index (κ1) is 14.6. The molecule has 8 heteroatoms. The molecule has 1 aliphatic heterocycles. The van der Waals surface area contributed by atoms with E-state index in [0.717, 1.165) is 53.4 Å². The standard InChI is InChI=1S/C15H16BrN5O2/c16-12-5-10(14-19-20-15(22)23-14)6-13-11(12)7-18-21(13)8-9-1-3-17-4-2-9/h5-7,9,17H,1-4,8H2,(H,20,22). The lowest BCUT2D eigenvalue weighted by Gasteiger charge is -2.22. The number of hydrogen-bond donors (Lipinski definition) is 2. The minimum Gasteiger partial charge on any atom is -0.388 e. The van der Waals surface area contributed by atoms with Crippen molar-refractivity contribution in [2.24, 2.45) is 5.92 Å². The van der Waals surface area contributed by atoms with E-state index in [0.29, 0.717) is 5.92 Å².